The lowest BCUT2D eigenvalue weighted by Crippen LogP contribution is -2.41. The van der Waals surface area contributed by atoms with Gasteiger partial charge in [-0.05, 0) is 36.1 Å². The van der Waals surface area contributed by atoms with Crippen LogP contribution in [0.25, 0.3) is 6.08 Å². The summed E-state index contributed by atoms with van der Waals surface area (Å²) in [6.45, 7) is 4.88. The topological polar surface area (TPSA) is 129 Å². The van der Waals surface area contributed by atoms with E-state index in [1.165, 1.54) is 15.5 Å². The van der Waals surface area contributed by atoms with Gasteiger partial charge >= 0.3 is 5.69 Å². The summed E-state index contributed by atoms with van der Waals surface area (Å²) in [7, 11) is 1.55. The molecule has 0 spiro atoms. The molecule has 1 amide bonds. The van der Waals surface area contributed by atoms with Crippen molar-refractivity contribution in [2.24, 2.45) is 5.92 Å². The zero-order valence-electron chi connectivity index (χ0n) is 18.4. The van der Waals surface area contributed by atoms with E-state index >= 15 is 0 Å². The van der Waals surface area contributed by atoms with Crippen molar-refractivity contribution in [1.29, 1.82) is 0 Å². The lowest BCUT2D eigenvalue weighted by atomic mass is 10.2. The summed E-state index contributed by atoms with van der Waals surface area (Å²) in [6, 6.07) is 5.30. The molecule has 0 unspecified atom stereocenters. The Kier molecular flexibility index (Phi) is 7.37. The molecule has 0 radical (unpaired) electrons. The first-order valence-corrected chi connectivity index (χ1v) is 10.3. The molecule has 0 atom stereocenters. The van der Waals surface area contributed by atoms with Gasteiger partial charge in [0.25, 0.3) is 11.5 Å². The second-order valence-electron chi connectivity index (χ2n) is 7.78. The normalized spacial score (nSPS) is 12.6. The van der Waals surface area contributed by atoms with Crippen LogP contribution in [0.5, 0.6) is 11.5 Å². The summed E-state index contributed by atoms with van der Waals surface area (Å²) < 4.78 is 17.0. The van der Waals surface area contributed by atoms with Crippen LogP contribution in [0.1, 0.15) is 25.8 Å². The van der Waals surface area contributed by atoms with Crippen LogP contribution in [-0.2, 0) is 16.1 Å². The van der Waals surface area contributed by atoms with Gasteiger partial charge in [0.15, 0.2) is 17.2 Å². The molecule has 3 N–H and O–H groups in total. The van der Waals surface area contributed by atoms with Gasteiger partial charge in [-0.1, -0.05) is 19.9 Å². The molecule has 3 rings (SSSR count). The zero-order chi connectivity index (χ0) is 23.3. The number of nitrogens with one attached hydrogen (secondary N) is 1. The molecule has 32 heavy (non-hydrogen) atoms. The Morgan fingerprint density at radius 2 is 2.06 bits per heavy atom. The van der Waals surface area contributed by atoms with E-state index in [0.29, 0.717) is 31.1 Å². The number of aromatic nitrogens is 2. The van der Waals surface area contributed by atoms with Gasteiger partial charge in [0, 0.05) is 32.9 Å². The van der Waals surface area contributed by atoms with E-state index in [2.05, 4.69) is 4.98 Å². The Labute approximate surface area is 185 Å². The number of benzene rings is 1. The molecule has 10 heteroatoms. The number of fused-ring (bicyclic) bond motifs is 1. The number of nitrogens with two attached hydrogens (primary N) is 1. The Hall–Kier alpha value is -3.53. The second-order valence-corrected chi connectivity index (χ2v) is 7.78. The number of hydrogen-bond acceptors (Lipinski definition) is 7. The van der Waals surface area contributed by atoms with Crippen LogP contribution < -0.4 is 31.4 Å². The van der Waals surface area contributed by atoms with E-state index in [-0.39, 0.29) is 30.8 Å². The van der Waals surface area contributed by atoms with Crippen LogP contribution in [-0.4, -0.2) is 42.5 Å². The molecule has 1 aliphatic heterocycles. The Bertz CT molecular complexity index is 1120. The highest BCUT2D eigenvalue weighted by Gasteiger charge is 2.23. The Morgan fingerprint density at radius 3 is 2.78 bits per heavy atom. The van der Waals surface area contributed by atoms with E-state index in [1.807, 2.05) is 13.8 Å². The first kappa shape index (κ1) is 23.1. The molecule has 172 valence electrons. The summed E-state index contributed by atoms with van der Waals surface area (Å²) >= 11 is 0. The average molecular weight is 444 g/mol. The summed E-state index contributed by atoms with van der Waals surface area (Å²) in [5, 5.41) is 0. The Balaban J connectivity index is 1.95. The van der Waals surface area contributed by atoms with E-state index < -0.39 is 17.2 Å². The molecule has 0 aliphatic carbocycles. The largest absolute Gasteiger partial charge is 0.454 e. The van der Waals surface area contributed by atoms with E-state index in [4.69, 9.17) is 19.9 Å². The predicted molar refractivity (Wildman–Crippen MR) is 121 cm³/mol. The number of ether oxygens (including phenoxy) is 3. The molecule has 2 aromatic rings. The maximum absolute atomic E-state index is 13.1. The number of nitrogen functional groups attached to an aromatic ring is 1. The van der Waals surface area contributed by atoms with Gasteiger partial charge in [-0.25, -0.2) is 4.79 Å². The minimum atomic E-state index is -0.713. The molecule has 0 bridgehead atoms. The van der Waals surface area contributed by atoms with Crippen LogP contribution in [0.4, 0.5) is 11.5 Å². The highest BCUT2D eigenvalue weighted by atomic mass is 16.7. The van der Waals surface area contributed by atoms with Crippen molar-refractivity contribution in [1.82, 2.24) is 9.55 Å². The van der Waals surface area contributed by atoms with Crippen molar-refractivity contribution in [2.75, 3.05) is 37.7 Å². The first-order chi connectivity index (χ1) is 15.3. The fraction of sp³-hybridized carbons (Fsp3) is 0.409. The van der Waals surface area contributed by atoms with Gasteiger partial charge in [-0.3, -0.25) is 19.1 Å². The third kappa shape index (κ3) is 5.20. The van der Waals surface area contributed by atoms with Crippen molar-refractivity contribution in [2.45, 2.75) is 26.8 Å². The molecular weight excluding hydrogens is 416 g/mol. The number of nitrogens with zero attached hydrogens (tertiary/aromatic N) is 2. The second kappa shape index (κ2) is 10.2. The average Bonchev–Trinajstić information content (AvgIpc) is 3.21. The van der Waals surface area contributed by atoms with Crippen molar-refractivity contribution in [3.63, 3.8) is 0 Å². The lowest BCUT2D eigenvalue weighted by molar-refractivity contribution is -0.114. The third-order valence-electron chi connectivity index (χ3n) is 4.84. The first-order valence-electron chi connectivity index (χ1n) is 10.3. The van der Waals surface area contributed by atoms with Gasteiger partial charge in [0.05, 0.1) is 0 Å². The highest BCUT2D eigenvalue weighted by molar-refractivity contribution is 6.05. The zero-order valence-corrected chi connectivity index (χ0v) is 18.4. The van der Waals surface area contributed by atoms with Crippen LogP contribution in [0, 0.1) is 5.92 Å². The lowest BCUT2D eigenvalue weighted by Gasteiger charge is -2.24. The number of amides is 1. The molecule has 0 saturated carbocycles. The fourth-order valence-corrected chi connectivity index (χ4v) is 3.36. The van der Waals surface area contributed by atoms with Crippen LogP contribution >= 0.6 is 0 Å². The number of methoxy groups -OCH3 is 1. The quantitative estimate of drug-likeness (QED) is 0.444. The summed E-state index contributed by atoms with van der Waals surface area (Å²) in [5.41, 5.74) is 5.56. The highest BCUT2D eigenvalue weighted by Crippen LogP contribution is 2.32. The number of aromatic amines is 1. The molecule has 1 aromatic carbocycles. The molecule has 1 aromatic heterocycles. The number of anilines is 2. The summed E-state index contributed by atoms with van der Waals surface area (Å²) in [4.78, 5) is 41.6. The maximum atomic E-state index is 13.1. The summed E-state index contributed by atoms with van der Waals surface area (Å²) in [5.74, 6) is 0.845. The number of carbonyl (C=O) groups excluding carboxylic acids is 1. The molecule has 0 fully saturated rings. The van der Waals surface area contributed by atoms with Gasteiger partial charge < -0.3 is 24.8 Å². The summed E-state index contributed by atoms with van der Waals surface area (Å²) in [6.07, 6.45) is 3.44. The number of rotatable bonds is 9. The molecule has 2 heterocycles. The maximum Gasteiger partial charge on any atom is 0.330 e. The SMILES string of the molecule is COCCCN(C(=O)C=Cc1ccc2c(c1)OCO2)c1c(N)n(CC(C)C)c(=O)[nH]c1=O. The smallest absolute Gasteiger partial charge is 0.330 e. The van der Waals surface area contributed by atoms with Gasteiger partial charge in [0.1, 0.15) is 5.82 Å². The van der Waals surface area contributed by atoms with Crippen molar-refractivity contribution < 1.29 is 19.0 Å². The third-order valence-corrected chi connectivity index (χ3v) is 4.84. The predicted octanol–water partition coefficient (Wildman–Crippen LogP) is 1.59. The monoisotopic (exact) mass is 444 g/mol. The van der Waals surface area contributed by atoms with Crippen LogP contribution in [0.2, 0.25) is 0 Å². The van der Waals surface area contributed by atoms with Gasteiger partial charge in [-0.15, -0.1) is 0 Å². The van der Waals surface area contributed by atoms with Crippen LogP contribution in [0.3, 0.4) is 0 Å². The van der Waals surface area contributed by atoms with E-state index in [1.54, 1.807) is 31.4 Å². The molecule has 1 aliphatic rings. The van der Waals surface area contributed by atoms with Crippen molar-refractivity contribution >= 4 is 23.5 Å². The number of hydrogen-bond donors (Lipinski definition) is 2. The van der Waals surface area contributed by atoms with Gasteiger partial charge in [0.2, 0.25) is 6.79 Å². The van der Waals surface area contributed by atoms with E-state index in [9.17, 15) is 14.4 Å². The fourth-order valence-electron chi connectivity index (χ4n) is 3.36. The number of H-pyrrole nitrogens is 1. The number of carbonyl (C=O) groups is 1. The molecule has 0 saturated heterocycles. The standard InChI is InChI=1S/C22H28N4O6/c1-14(2)12-26-20(23)19(21(28)24-22(26)29)25(9-4-10-30-3)18(27)8-6-15-5-7-16-17(11-15)32-13-31-16/h5-8,11,14H,4,9-10,12-13,23H2,1-3H3,(H,24,28,29). The minimum Gasteiger partial charge on any atom is -0.454 e. The minimum absolute atomic E-state index is 0.0466. The van der Waals surface area contributed by atoms with Crippen LogP contribution in [0.15, 0.2) is 33.9 Å². The molecular formula is C22H28N4O6. The van der Waals surface area contributed by atoms with E-state index in [0.717, 1.165) is 5.56 Å². The van der Waals surface area contributed by atoms with Gasteiger partial charge in [-0.2, -0.15) is 0 Å². The van der Waals surface area contributed by atoms with Crippen molar-refractivity contribution in [3.8, 4) is 11.5 Å². The van der Waals surface area contributed by atoms with Crippen molar-refractivity contribution in [3.05, 3.63) is 50.7 Å². The molecule has 10 nitrogen and oxygen atoms in total. The Morgan fingerprint density at radius 1 is 1.31 bits per heavy atom.